The van der Waals surface area contributed by atoms with E-state index in [2.05, 4.69) is 5.10 Å². The number of para-hydroxylation sites is 1. The van der Waals surface area contributed by atoms with Crippen LogP contribution in [-0.2, 0) is 4.79 Å². The smallest absolute Gasteiger partial charge is 0.328 e. The molecule has 0 amide bonds. The molecule has 0 radical (unpaired) electrons. The average molecular weight is 353 g/mol. The molecule has 1 fully saturated rings. The first kappa shape index (κ1) is 17.7. The van der Waals surface area contributed by atoms with Crippen molar-refractivity contribution in [2.75, 3.05) is 0 Å². The van der Waals surface area contributed by atoms with Crippen molar-refractivity contribution in [2.24, 2.45) is 5.92 Å². The molecule has 2 aromatic rings. The summed E-state index contributed by atoms with van der Waals surface area (Å²) in [5.74, 6) is -0.271. The van der Waals surface area contributed by atoms with Crippen molar-refractivity contribution < 1.29 is 14.6 Å². The van der Waals surface area contributed by atoms with Crippen molar-refractivity contribution >= 4 is 5.97 Å². The first-order valence-corrected chi connectivity index (χ1v) is 8.57. The van der Waals surface area contributed by atoms with Crippen molar-refractivity contribution in [3.05, 3.63) is 52.4 Å². The molecule has 3 rings (SSSR count). The molecule has 26 heavy (non-hydrogen) atoms. The topological polar surface area (TPSA) is 105 Å². The number of rotatable bonds is 6. The summed E-state index contributed by atoms with van der Waals surface area (Å²) in [6.07, 6.45) is 5.89. The Hall–Kier alpha value is -3.14. The van der Waals surface area contributed by atoms with E-state index >= 15 is 0 Å². The minimum absolute atomic E-state index is 0.166. The van der Waals surface area contributed by atoms with Crippen molar-refractivity contribution in [2.45, 2.75) is 38.1 Å². The van der Waals surface area contributed by atoms with Gasteiger partial charge in [-0.05, 0) is 24.5 Å². The van der Waals surface area contributed by atoms with Gasteiger partial charge >= 0.3 is 5.97 Å². The Balaban J connectivity index is 1.83. The highest BCUT2D eigenvalue weighted by Gasteiger charge is 2.28. The van der Waals surface area contributed by atoms with E-state index in [-0.39, 0.29) is 5.75 Å². The fraction of sp³-hybridized carbons (Fsp3) is 0.368. The Bertz CT molecular complexity index is 894. The van der Waals surface area contributed by atoms with Gasteiger partial charge in [0, 0.05) is 6.07 Å². The number of carboxylic acid groups (broad SMARTS) is 1. The summed E-state index contributed by atoms with van der Waals surface area (Å²) >= 11 is 0. The van der Waals surface area contributed by atoms with Gasteiger partial charge in [0.2, 0.25) is 0 Å². The average Bonchev–Trinajstić information content (AvgIpc) is 3.14. The van der Waals surface area contributed by atoms with Crippen LogP contribution in [0.5, 0.6) is 11.5 Å². The maximum atomic E-state index is 12.4. The molecule has 1 aliphatic carbocycles. The van der Waals surface area contributed by atoms with Crippen molar-refractivity contribution in [1.82, 2.24) is 9.78 Å². The lowest BCUT2D eigenvalue weighted by molar-refractivity contribution is -0.142. The first-order valence-electron chi connectivity index (χ1n) is 8.57. The lowest BCUT2D eigenvalue weighted by atomic mass is 9.98. The van der Waals surface area contributed by atoms with Crippen LogP contribution in [0.2, 0.25) is 0 Å². The monoisotopic (exact) mass is 353 g/mol. The molecule has 1 saturated carbocycles. The predicted molar refractivity (Wildman–Crippen MR) is 93.0 cm³/mol. The molecule has 1 heterocycles. The summed E-state index contributed by atoms with van der Waals surface area (Å²) in [5, 5.41) is 22.6. The number of aromatic nitrogens is 2. The molecular weight excluding hydrogens is 334 g/mol. The van der Waals surface area contributed by atoms with Gasteiger partial charge in [-0.25, -0.2) is 9.48 Å². The molecule has 1 N–H and O–H groups in total. The molecule has 0 aliphatic heterocycles. The molecular formula is C19H19N3O4. The molecule has 7 heteroatoms. The van der Waals surface area contributed by atoms with Crippen LogP contribution >= 0.6 is 0 Å². The summed E-state index contributed by atoms with van der Waals surface area (Å²) in [4.78, 5) is 24.0. The number of benzene rings is 1. The van der Waals surface area contributed by atoms with E-state index in [1.54, 1.807) is 24.3 Å². The Morgan fingerprint density at radius 1 is 1.38 bits per heavy atom. The Kier molecular flexibility index (Phi) is 5.32. The Labute approximate surface area is 150 Å². The predicted octanol–water partition coefficient (Wildman–Crippen LogP) is 3.11. The lowest BCUT2D eigenvalue weighted by Gasteiger charge is -2.18. The molecule has 0 bridgehead atoms. The highest BCUT2D eigenvalue weighted by molar-refractivity contribution is 5.71. The van der Waals surface area contributed by atoms with Gasteiger partial charge in [0.15, 0.2) is 11.8 Å². The Morgan fingerprint density at radius 2 is 2.12 bits per heavy atom. The van der Waals surface area contributed by atoms with E-state index in [0.29, 0.717) is 23.7 Å². The van der Waals surface area contributed by atoms with Crippen LogP contribution in [-0.4, -0.2) is 20.9 Å². The molecule has 1 aromatic carbocycles. The maximum Gasteiger partial charge on any atom is 0.328 e. The van der Waals surface area contributed by atoms with Crippen molar-refractivity contribution in [1.29, 1.82) is 5.26 Å². The van der Waals surface area contributed by atoms with Crippen molar-refractivity contribution in [3.63, 3.8) is 0 Å². The van der Waals surface area contributed by atoms with Crippen LogP contribution in [0.1, 0.15) is 43.7 Å². The third-order valence-corrected chi connectivity index (χ3v) is 4.65. The van der Waals surface area contributed by atoms with Gasteiger partial charge in [-0.1, -0.05) is 37.8 Å². The van der Waals surface area contributed by atoms with Crippen molar-refractivity contribution in [3.8, 4) is 17.6 Å². The van der Waals surface area contributed by atoms with E-state index in [4.69, 9.17) is 10.00 Å². The van der Waals surface area contributed by atoms with Gasteiger partial charge in [-0.2, -0.15) is 10.4 Å². The fourth-order valence-corrected chi connectivity index (χ4v) is 3.33. The van der Waals surface area contributed by atoms with E-state index in [9.17, 15) is 14.7 Å². The number of carbonyl (C=O) groups is 1. The van der Waals surface area contributed by atoms with Gasteiger partial charge in [0.25, 0.3) is 5.56 Å². The molecule has 1 atom stereocenters. The number of ether oxygens (including phenoxy) is 1. The van der Waals surface area contributed by atoms with E-state index in [0.717, 1.165) is 30.4 Å². The molecule has 134 valence electrons. The van der Waals surface area contributed by atoms with Gasteiger partial charge in [0.1, 0.15) is 11.8 Å². The second-order valence-electron chi connectivity index (χ2n) is 6.42. The summed E-state index contributed by atoms with van der Waals surface area (Å²) in [5.41, 5.74) is -0.205. The summed E-state index contributed by atoms with van der Waals surface area (Å²) in [6.45, 7) is 0. The van der Waals surface area contributed by atoms with E-state index in [1.807, 2.05) is 6.07 Å². The highest BCUT2D eigenvalue weighted by atomic mass is 16.5. The van der Waals surface area contributed by atoms with Gasteiger partial charge < -0.3 is 9.84 Å². The molecule has 0 spiro atoms. The zero-order valence-corrected chi connectivity index (χ0v) is 14.2. The molecule has 0 saturated heterocycles. The maximum absolute atomic E-state index is 12.4. The SMILES string of the molecule is N#Cc1ccccc1Oc1cnn(C(CC2CCCC2)C(=O)O)c(=O)c1. The third kappa shape index (κ3) is 3.91. The first-order chi connectivity index (χ1) is 12.6. The van der Waals surface area contributed by atoms with Crippen LogP contribution in [0.25, 0.3) is 0 Å². The summed E-state index contributed by atoms with van der Waals surface area (Å²) in [6, 6.07) is 8.87. The largest absolute Gasteiger partial charge is 0.480 e. The van der Waals surface area contributed by atoms with Gasteiger partial charge in [-0.3, -0.25) is 4.79 Å². The zero-order valence-electron chi connectivity index (χ0n) is 14.2. The number of hydrogen-bond acceptors (Lipinski definition) is 5. The number of hydrogen-bond donors (Lipinski definition) is 1. The minimum atomic E-state index is -1.06. The summed E-state index contributed by atoms with van der Waals surface area (Å²) in [7, 11) is 0. The zero-order chi connectivity index (χ0) is 18.5. The van der Waals surface area contributed by atoms with Crippen LogP contribution in [0.15, 0.2) is 41.3 Å². The number of aliphatic carboxylic acids is 1. The second-order valence-corrected chi connectivity index (χ2v) is 6.42. The van der Waals surface area contributed by atoms with Crippen LogP contribution in [0.4, 0.5) is 0 Å². The van der Waals surface area contributed by atoms with Crippen LogP contribution < -0.4 is 10.3 Å². The minimum Gasteiger partial charge on any atom is -0.480 e. The van der Waals surface area contributed by atoms with Gasteiger partial charge in [-0.15, -0.1) is 0 Å². The van der Waals surface area contributed by atoms with Crippen LogP contribution in [0.3, 0.4) is 0 Å². The van der Waals surface area contributed by atoms with E-state index < -0.39 is 17.6 Å². The van der Waals surface area contributed by atoms with Gasteiger partial charge in [0.05, 0.1) is 11.8 Å². The number of nitrogens with zero attached hydrogens (tertiary/aromatic N) is 3. The standard InChI is InChI=1S/C19H19N3O4/c20-11-14-7-3-4-8-17(14)26-15-10-18(23)22(21-12-15)16(19(24)25)9-13-5-1-2-6-13/h3-4,7-8,10,12-13,16H,1-2,5-6,9H2,(H,24,25). The summed E-state index contributed by atoms with van der Waals surface area (Å²) < 4.78 is 6.57. The third-order valence-electron chi connectivity index (χ3n) is 4.65. The number of carboxylic acids is 1. The molecule has 7 nitrogen and oxygen atoms in total. The molecule has 1 unspecified atom stereocenters. The van der Waals surface area contributed by atoms with Crippen LogP contribution in [0, 0.1) is 17.2 Å². The normalized spacial score (nSPS) is 15.3. The lowest BCUT2D eigenvalue weighted by Crippen LogP contribution is -2.32. The quantitative estimate of drug-likeness (QED) is 0.855. The fourth-order valence-electron chi connectivity index (χ4n) is 3.33. The highest BCUT2D eigenvalue weighted by Crippen LogP contribution is 2.31. The Morgan fingerprint density at radius 3 is 2.77 bits per heavy atom. The second kappa shape index (κ2) is 7.83. The molecule has 1 aromatic heterocycles. The van der Waals surface area contributed by atoms with E-state index in [1.165, 1.54) is 12.3 Å². The molecule has 1 aliphatic rings. The number of nitriles is 1.